The molecule has 6 nitrogen and oxygen atoms in total. The molecule has 1 atom stereocenters. The maximum absolute atomic E-state index is 12.5. The Morgan fingerprint density at radius 1 is 1.25 bits per heavy atom. The highest BCUT2D eigenvalue weighted by molar-refractivity contribution is 5.96. The number of fused-ring (bicyclic) bond motifs is 1. The van der Waals surface area contributed by atoms with Gasteiger partial charge < -0.3 is 14.8 Å². The van der Waals surface area contributed by atoms with Crippen LogP contribution in [0.2, 0.25) is 0 Å². The summed E-state index contributed by atoms with van der Waals surface area (Å²) in [6, 6.07) is 9.84. The lowest BCUT2D eigenvalue weighted by Gasteiger charge is -2.32. The Kier molecular flexibility index (Phi) is 5.67. The lowest BCUT2D eigenvalue weighted by atomic mass is 9.97. The second-order valence-corrected chi connectivity index (χ2v) is 7.64. The minimum Gasteiger partial charge on any atom is -0.350 e. The van der Waals surface area contributed by atoms with Gasteiger partial charge in [0.15, 0.2) is 0 Å². The highest BCUT2D eigenvalue weighted by Crippen LogP contribution is 2.17. The van der Waals surface area contributed by atoms with Crippen molar-refractivity contribution in [3.8, 4) is 0 Å². The Morgan fingerprint density at radius 2 is 2.11 bits per heavy atom. The van der Waals surface area contributed by atoms with Gasteiger partial charge in [0, 0.05) is 57.1 Å². The van der Waals surface area contributed by atoms with E-state index in [1.165, 1.54) is 6.42 Å². The molecule has 1 fully saturated rings. The van der Waals surface area contributed by atoms with Crippen molar-refractivity contribution in [2.45, 2.75) is 19.3 Å². The summed E-state index contributed by atoms with van der Waals surface area (Å²) in [6.45, 7) is 3.87. The Hall–Kier alpha value is -2.73. The number of amides is 1. The number of hydrogen-bond acceptors (Lipinski definition) is 4. The summed E-state index contributed by atoms with van der Waals surface area (Å²) in [6.07, 6.45) is 8.91. The summed E-state index contributed by atoms with van der Waals surface area (Å²) in [7, 11) is 2.04. The van der Waals surface area contributed by atoms with Crippen LogP contribution in [0.25, 0.3) is 10.8 Å². The number of aryl methyl sites for hydroxylation is 1. The first-order valence-corrected chi connectivity index (χ1v) is 10.0. The normalized spacial score (nSPS) is 17.7. The molecule has 1 saturated heterocycles. The Labute approximate surface area is 165 Å². The van der Waals surface area contributed by atoms with Crippen molar-refractivity contribution in [2.75, 3.05) is 26.2 Å². The SMILES string of the molecule is Cn1ccnc1CCN1CCCC(CNC(=O)c2cc3ccccc3cn2)C1. The molecular formula is C22H27N5O. The molecule has 1 aromatic carbocycles. The maximum Gasteiger partial charge on any atom is 0.269 e. The molecule has 3 heterocycles. The van der Waals surface area contributed by atoms with E-state index in [4.69, 9.17) is 0 Å². The van der Waals surface area contributed by atoms with Crippen molar-refractivity contribution in [1.29, 1.82) is 0 Å². The van der Waals surface area contributed by atoms with E-state index in [9.17, 15) is 4.79 Å². The van der Waals surface area contributed by atoms with Gasteiger partial charge in [-0.1, -0.05) is 24.3 Å². The molecule has 1 unspecified atom stereocenters. The van der Waals surface area contributed by atoms with E-state index in [1.807, 2.05) is 49.8 Å². The smallest absolute Gasteiger partial charge is 0.269 e. The zero-order valence-corrected chi connectivity index (χ0v) is 16.3. The van der Waals surface area contributed by atoms with E-state index in [2.05, 4.69) is 24.8 Å². The molecule has 0 spiro atoms. The number of aromatic nitrogens is 3. The van der Waals surface area contributed by atoms with Gasteiger partial charge in [0.05, 0.1) is 0 Å². The summed E-state index contributed by atoms with van der Waals surface area (Å²) >= 11 is 0. The van der Waals surface area contributed by atoms with Crippen LogP contribution in [-0.4, -0.2) is 51.5 Å². The number of carbonyl (C=O) groups excluding carboxylic acids is 1. The third-order valence-electron chi connectivity index (χ3n) is 5.59. The molecule has 1 aliphatic heterocycles. The number of benzene rings is 1. The first-order chi connectivity index (χ1) is 13.7. The fourth-order valence-electron chi connectivity index (χ4n) is 3.95. The lowest BCUT2D eigenvalue weighted by Crippen LogP contribution is -2.41. The van der Waals surface area contributed by atoms with E-state index in [0.29, 0.717) is 18.2 Å². The highest BCUT2D eigenvalue weighted by atomic mass is 16.1. The van der Waals surface area contributed by atoms with Gasteiger partial charge in [-0.15, -0.1) is 0 Å². The summed E-state index contributed by atoms with van der Waals surface area (Å²) in [5.74, 6) is 1.52. The number of likely N-dealkylation sites (tertiary alicyclic amines) is 1. The first-order valence-electron chi connectivity index (χ1n) is 10.0. The van der Waals surface area contributed by atoms with Gasteiger partial charge in [-0.05, 0) is 36.8 Å². The number of pyridine rings is 1. The van der Waals surface area contributed by atoms with Crippen LogP contribution in [0.5, 0.6) is 0 Å². The number of hydrogen-bond donors (Lipinski definition) is 1. The molecule has 0 bridgehead atoms. The molecule has 2 aromatic heterocycles. The lowest BCUT2D eigenvalue weighted by molar-refractivity contribution is 0.0928. The Bertz CT molecular complexity index is 951. The quantitative estimate of drug-likeness (QED) is 0.717. The molecule has 28 heavy (non-hydrogen) atoms. The molecular weight excluding hydrogens is 350 g/mol. The van der Waals surface area contributed by atoms with Crippen molar-refractivity contribution in [3.05, 3.63) is 60.4 Å². The van der Waals surface area contributed by atoms with Crippen LogP contribution in [0.15, 0.2) is 48.9 Å². The molecule has 4 rings (SSSR count). The number of nitrogens with zero attached hydrogens (tertiary/aromatic N) is 4. The van der Waals surface area contributed by atoms with Gasteiger partial charge in [-0.2, -0.15) is 0 Å². The van der Waals surface area contributed by atoms with Gasteiger partial charge in [-0.25, -0.2) is 4.98 Å². The molecule has 1 N–H and O–H groups in total. The molecule has 0 saturated carbocycles. The molecule has 0 radical (unpaired) electrons. The zero-order valence-electron chi connectivity index (χ0n) is 16.3. The van der Waals surface area contributed by atoms with Crippen molar-refractivity contribution < 1.29 is 4.79 Å². The topological polar surface area (TPSA) is 63.1 Å². The number of carbonyl (C=O) groups is 1. The van der Waals surface area contributed by atoms with Gasteiger partial charge >= 0.3 is 0 Å². The summed E-state index contributed by atoms with van der Waals surface area (Å²) < 4.78 is 2.08. The van der Waals surface area contributed by atoms with Crippen molar-refractivity contribution in [2.24, 2.45) is 13.0 Å². The van der Waals surface area contributed by atoms with Crippen LogP contribution in [0, 0.1) is 5.92 Å². The van der Waals surface area contributed by atoms with Gasteiger partial charge in [-0.3, -0.25) is 9.78 Å². The molecule has 146 valence electrons. The molecule has 3 aromatic rings. The van der Waals surface area contributed by atoms with E-state index in [-0.39, 0.29) is 5.91 Å². The average Bonchev–Trinajstić information content (AvgIpc) is 3.15. The number of rotatable bonds is 6. The minimum atomic E-state index is -0.0871. The second-order valence-electron chi connectivity index (χ2n) is 7.64. The third kappa shape index (κ3) is 4.39. The van der Waals surface area contributed by atoms with Crippen LogP contribution < -0.4 is 5.32 Å². The summed E-state index contributed by atoms with van der Waals surface area (Å²) in [4.78, 5) is 23.7. The average molecular weight is 377 g/mol. The largest absolute Gasteiger partial charge is 0.350 e. The summed E-state index contributed by atoms with van der Waals surface area (Å²) in [5, 5.41) is 5.18. The Morgan fingerprint density at radius 3 is 2.93 bits per heavy atom. The van der Waals surface area contributed by atoms with Crippen LogP contribution in [-0.2, 0) is 13.5 Å². The van der Waals surface area contributed by atoms with Crippen molar-refractivity contribution in [3.63, 3.8) is 0 Å². The predicted molar refractivity (Wildman–Crippen MR) is 110 cm³/mol. The van der Waals surface area contributed by atoms with Gasteiger partial charge in [0.1, 0.15) is 11.5 Å². The van der Waals surface area contributed by atoms with Crippen LogP contribution in [0.1, 0.15) is 29.2 Å². The summed E-state index contributed by atoms with van der Waals surface area (Å²) in [5.41, 5.74) is 0.487. The van der Waals surface area contributed by atoms with E-state index in [0.717, 1.165) is 49.1 Å². The third-order valence-corrected chi connectivity index (χ3v) is 5.59. The van der Waals surface area contributed by atoms with E-state index < -0.39 is 0 Å². The predicted octanol–water partition coefficient (Wildman–Crippen LogP) is 2.65. The molecule has 1 aliphatic rings. The molecule has 6 heteroatoms. The number of imidazole rings is 1. The van der Waals surface area contributed by atoms with Gasteiger partial charge in [0.25, 0.3) is 5.91 Å². The first kappa shape index (κ1) is 18.6. The van der Waals surface area contributed by atoms with E-state index >= 15 is 0 Å². The maximum atomic E-state index is 12.5. The fraction of sp³-hybridized carbons (Fsp3) is 0.409. The second kappa shape index (κ2) is 8.52. The van der Waals surface area contributed by atoms with Crippen LogP contribution >= 0.6 is 0 Å². The van der Waals surface area contributed by atoms with E-state index in [1.54, 1.807) is 6.20 Å². The van der Waals surface area contributed by atoms with Gasteiger partial charge in [0.2, 0.25) is 0 Å². The highest BCUT2D eigenvalue weighted by Gasteiger charge is 2.21. The molecule has 0 aliphatic carbocycles. The number of piperidine rings is 1. The number of nitrogens with one attached hydrogen (secondary N) is 1. The fourth-order valence-corrected chi connectivity index (χ4v) is 3.95. The van der Waals surface area contributed by atoms with Crippen molar-refractivity contribution in [1.82, 2.24) is 24.8 Å². The Balaban J connectivity index is 1.28. The van der Waals surface area contributed by atoms with Crippen LogP contribution in [0.3, 0.4) is 0 Å². The van der Waals surface area contributed by atoms with Crippen molar-refractivity contribution >= 4 is 16.7 Å². The zero-order chi connectivity index (χ0) is 19.3. The standard InChI is InChI=1S/C22H27N5O/c1-26-12-9-23-21(26)8-11-27-10-4-5-17(16-27)14-25-22(28)20-13-18-6-2-3-7-19(18)15-24-20/h2-3,6-7,9,12-13,15,17H,4-5,8,10-11,14,16H2,1H3,(H,25,28). The molecule has 1 amide bonds. The monoisotopic (exact) mass is 377 g/mol. The minimum absolute atomic E-state index is 0.0871. The van der Waals surface area contributed by atoms with Crippen LogP contribution in [0.4, 0.5) is 0 Å².